The summed E-state index contributed by atoms with van der Waals surface area (Å²) in [6.45, 7) is 25.5. The number of nitrogens with one attached hydrogen (secondary N) is 1. The Kier molecular flexibility index (Phi) is 20.6. The Hall–Kier alpha value is -6.13. The number of carbonyl (C=O) groups is 2. The van der Waals surface area contributed by atoms with Crippen molar-refractivity contribution in [2.75, 3.05) is 23.4 Å². The average molecular weight is 876 g/mol. The summed E-state index contributed by atoms with van der Waals surface area (Å²) in [6.07, 6.45) is 3.16. The molecule has 0 aliphatic carbocycles. The van der Waals surface area contributed by atoms with Crippen LogP contribution in [0, 0.1) is 67.6 Å². The lowest BCUT2D eigenvalue weighted by atomic mass is 9.97. The molecule has 1 aliphatic rings. The van der Waals surface area contributed by atoms with E-state index in [4.69, 9.17) is 22.1 Å². The molecule has 0 saturated carbocycles. The zero-order valence-electron chi connectivity index (χ0n) is 39.3. The molecule has 5 rings (SSSR count). The third kappa shape index (κ3) is 15.3. The molecule has 1 fully saturated rings. The third-order valence-corrected chi connectivity index (χ3v) is 10.2. The summed E-state index contributed by atoms with van der Waals surface area (Å²) in [5.74, 6) is 1.64. The number of benzene rings is 1. The van der Waals surface area contributed by atoms with Crippen molar-refractivity contribution >= 4 is 34.8 Å². The standard InChI is InChI=1S/C23H28N4O2.C10H11ClN2.C10H12N2O.C7H12O/c1-14(2)19-10-16(4)25-22(20(19)12-24)27-13-18(28)11-21(27)23(29)26(5)17-8-6-7-15(3)9-17;1-6(2)8-4-7(3)13-10(11)9(8)5-12;1-6(2)8-4-7(3)12-10(13)9(8)5-11;1-6(2)4-5-7(3)8/h6-10,14,18,21,28H,11,13H2,1-5H3;4,6H,1-3H3;4,6H,1-3H3,(H,12,13);4-6H,1-3H3/b;;;5-4+/t18-,21-;;;/m0.../s1. The lowest BCUT2D eigenvalue weighted by Crippen LogP contribution is -2.45. The Morgan fingerprint density at radius 3 is 1.84 bits per heavy atom. The fourth-order valence-corrected chi connectivity index (χ4v) is 7.05. The molecule has 2 N–H and O–H groups in total. The monoisotopic (exact) mass is 874 g/mol. The van der Waals surface area contributed by atoms with Gasteiger partial charge in [-0.2, -0.15) is 15.8 Å². The van der Waals surface area contributed by atoms with Crippen molar-refractivity contribution in [3.05, 3.63) is 126 Å². The van der Waals surface area contributed by atoms with Crippen LogP contribution in [0.1, 0.15) is 143 Å². The third-order valence-electron chi connectivity index (χ3n) is 9.96. The Morgan fingerprint density at radius 2 is 1.37 bits per heavy atom. The largest absolute Gasteiger partial charge is 0.391 e. The minimum atomic E-state index is -0.647. The Labute approximate surface area is 378 Å². The van der Waals surface area contributed by atoms with Crippen LogP contribution in [-0.4, -0.2) is 57.5 Å². The number of ketones is 1. The number of pyridine rings is 3. The van der Waals surface area contributed by atoms with Gasteiger partial charge in [-0.3, -0.25) is 14.4 Å². The van der Waals surface area contributed by atoms with Gasteiger partial charge in [0.05, 0.1) is 17.2 Å². The lowest BCUT2D eigenvalue weighted by Gasteiger charge is -2.30. The molecule has 12 nitrogen and oxygen atoms in total. The van der Waals surface area contributed by atoms with Crippen LogP contribution < -0.4 is 15.4 Å². The number of aromatic nitrogens is 3. The van der Waals surface area contributed by atoms with Gasteiger partial charge >= 0.3 is 0 Å². The maximum absolute atomic E-state index is 13.4. The summed E-state index contributed by atoms with van der Waals surface area (Å²) in [4.78, 5) is 49.6. The Morgan fingerprint density at radius 1 is 0.841 bits per heavy atom. The van der Waals surface area contributed by atoms with Gasteiger partial charge in [-0.1, -0.05) is 85.2 Å². The highest BCUT2D eigenvalue weighted by atomic mass is 35.5. The van der Waals surface area contributed by atoms with Crippen LogP contribution in [0.3, 0.4) is 0 Å². The van der Waals surface area contributed by atoms with Crippen molar-refractivity contribution in [2.24, 2.45) is 5.92 Å². The van der Waals surface area contributed by atoms with E-state index in [-0.39, 0.29) is 41.2 Å². The molecule has 334 valence electrons. The smallest absolute Gasteiger partial charge is 0.266 e. The van der Waals surface area contributed by atoms with E-state index in [0.717, 1.165) is 45.0 Å². The molecule has 4 heterocycles. The molecule has 0 spiro atoms. The predicted octanol–water partition coefficient (Wildman–Crippen LogP) is 9.80. The van der Waals surface area contributed by atoms with Crippen LogP contribution >= 0.6 is 11.6 Å². The fraction of sp³-hybridized carbons (Fsp3) is 0.440. The number of nitriles is 3. The number of rotatable bonds is 8. The number of amides is 1. The van der Waals surface area contributed by atoms with Crippen LogP contribution in [0.5, 0.6) is 0 Å². The molecule has 0 bridgehead atoms. The molecule has 4 aromatic rings. The zero-order chi connectivity index (χ0) is 47.9. The van der Waals surface area contributed by atoms with Crippen LogP contribution in [0.25, 0.3) is 0 Å². The first-order chi connectivity index (χ1) is 29.5. The van der Waals surface area contributed by atoms with Crippen molar-refractivity contribution < 1.29 is 14.7 Å². The molecule has 0 radical (unpaired) electrons. The van der Waals surface area contributed by atoms with Crippen LogP contribution in [0.4, 0.5) is 11.5 Å². The summed E-state index contributed by atoms with van der Waals surface area (Å²) >= 11 is 5.85. The minimum Gasteiger partial charge on any atom is -0.391 e. The highest BCUT2D eigenvalue weighted by Crippen LogP contribution is 2.33. The number of likely N-dealkylation sites (N-methyl/N-ethyl adjacent to an activating group) is 1. The van der Waals surface area contributed by atoms with E-state index in [9.17, 15) is 24.8 Å². The average Bonchev–Trinajstić information content (AvgIpc) is 3.60. The van der Waals surface area contributed by atoms with Crippen molar-refractivity contribution in [1.82, 2.24) is 15.0 Å². The van der Waals surface area contributed by atoms with Crippen LogP contribution in [0.15, 0.2) is 59.4 Å². The van der Waals surface area contributed by atoms with Gasteiger partial charge in [0, 0.05) is 42.8 Å². The summed E-state index contributed by atoms with van der Waals surface area (Å²) in [5.41, 5.74) is 7.96. The van der Waals surface area contributed by atoms with E-state index in [1.165, 1.54) is 0 Å². The first kappa shape index (κ1) is 53.0. The summed E-state index contributed by atoms with van der Waals surface area (Å²) < 4.78 is 0. The van der Waals surface area contributed by atoms with Gasteiger partial charge in [0.15, 0.2) is 5.78 Å². The van der Waals surface area contributed by atoms with Gasteiger partial charge < -0.3 is 19.9 Å². The number of nitrogens with zero attached hydrogens (tertiary/aromatic N) is 7. The topological polar surface area (TPSA) is 191 Å². The van der Waals surface area contributed by atoms with E-state index in [1.54, 1.807) is 29.8 Å². The van der Waals surface area contributed by atoms with Gasteiger partial charge in [0.1, 0.15) is 40.8 Å². The van der Waals surface area contributed by atoms with Crippen LogP contribution in [0.2, 0.25) is 5.15 Å². The summed E-state index contributed by atoms with van der Waals surface area (Å²) in [7, 11) is 1.74. The molecule has 1 saturated heterocycles. The Bertz CT molecular complexity index is 2450. The number of halogens is 1. The number of aliphatic hydroxyl groups is 1. The van der Waals surface area contributed by atoms with Crippen molar-refractivity contribution in [3.8, 4) is 18.2 Å². The van der Waals surface area contributed by atoms with Crippen LogP contribution in [-0.2, 0) is 9.59 Å². The van der Waals surface area contributed by atoms with Gasteiger partial charge in [-0.25, -0.2) is 9.97 Å². The number of carbonyl (C=O) groups excluding carboxylic acids is 2. The van der Waals surface area contributed by atoms with Crippen molar-refractivity contribution in [2.45, 2.75) is 126 Å². The highest BCUT2D eigenvalue weighted by Gasteiger charge is 2.40. The van der Waals surface area contributed by atoms with Gasteiger partial charge in [0.2, 0.25) is 5.91 Å². The predicted molar refractivity (Wildman–Crippen MR) is 252 cm³/mol. The highest BCUT2D eigenvalue weighted by molar-refractivity contribution is 6.30. The zero-order valence-corrected chi connectivity index (χ0v) is 40.0. The molecule has 2 atom stereocenters. The first-order valence-electron chi connectivity index (χ1n) is 21.1. The minimum absolute atomic E-state index is 0.120. The second-order valence-electron chi connectivity index (χ2n) is 17.0. The normalized spacial score (nSPS) is 14.2. The van der Waals surface area contributed by atoms with E-state index >= 15 is 0 Å². The first-order valence-corrected chi connectivity index (χ1v) is 21.5. The number of anilines is 2. The van der Waals surface area contributed by atoms with E-state index in [0.29, 0.717) is 40.4 Å². The van der Waals surface area contributed by atoms with Gasteiger partial charge in [-0.15, -0.1) is 0 Å². The lowest BCUT2D eigenvalue weighted by molar-refractivity contribution is -0.119. The quantitative estimate of drug-likeness (QED) is 0.127. The molecule has 1 aromatic carbocycles. The molecule has 1 aliphatic heterocycles. The number of hydrogen-bond donors (Lipinski definition) is 2. The van der Waals surface area contributed by atoms with E-state index < -0.39 is 12.1 Å². The fourth-order valence-electron chi connectivity index (χ4n) is 6.77. The molecule has 3 aromatic heterocycles. The second kappa shape index (κ2) is 24.5. The maximum Gasteiger partial charge on any atom is 0.266 e. The summed E-state index contributed by atoms with van der Waals surface area (Å²) in [6, 6.07) is 19.2. The molecule has 13 heteroatoms. The van der Waals surface area contributed by atoms with Crippen molar-refractivity contribution in [1.29, 1.82) is 15.8 Å². The van der Waals surface area contributed by atoms with Gasteiger partial charge in [-0.05, 0) is 117 Å². The molecule has 1 amide bonds. The molecular formula is C50H63ClN8O4. The van der Waals surface area contributed by atoms with E-state index in [1.807, 2.05) is 138 Å². The Balaban J connectivity index is 0.000000333. The number of β-amino-alcohol motifs (C(OH)–C–C–N with tert-alkyl or cyclic N) is 1. The van der Waals surface area contributed by atoms with E-state index in [2.05, 4.69) is 27.1 Å². The number of hydrogen-bond acceptors (Lipinski definition) is 10. The molecular weight excluding hydrogens is 812 g/mol. The summed E-state index contributed by atoms with van der Waals surface area (Å²) in [5, 5.41) is 38.1. The molecule has 63 heavy (non-hydrogen) atoms. The number of aromatic amines is 1. The number of allylic oxidation sites excluding steroid dienone is 2. The van der Waals surface area contributed by atoms with Gasteiger partial charge in [0.25, 0.3) is 5.56 Å². The number of H-pyrrole nitrogens is 1. The number of aliphatic hydroxyl groups excluding tert-OH is 1. The molecule has 0 unspecified atom stereocenters. The van der Waals surface area contributed by atoms with Crippen molar-refractivity contribution in [3.63, 3.8) is 0 Å². The number of aryl methyl sites for hydroxylation is 4. The SMILES string of the molecule is CC(=O)/C=C/C(C)C.Cc1cc(C(C)C)c(C#N)c(=O)[nH]1.Cc1cc(C(C)C)c(C#N)c(Cl)n1.Cc1cccc(N(C)C(=O)[C@@H]2C[C@H](O)CN2c2nc(C)cc(C(C)C)c2C#N)c1. The second-order valence-corrected chi connectivity index (χ2v) is 17.3. The maximum atomic E-state index is 13.4.